The minimum atomic E-state index is -1.35. The summed E-state index contributed by atoms with van der Waals surface area (Å²) in [4.78, 5) is 24.1. The van der Waals surface area contributed by atoms with Crippen LogP contribution in [0.25, 0.3) is 0 Å². The van der Waals surface area contributed by atoms with Gasteiger partial charge in [-0.05, 0) is 27.7 Å². The lowest BCUT2D eigenvalue weighted by atomic mass is 10.0. The number of carbonyl (C=O) groups excluding carboxylic acids is 2. The van der Waals surface area contributed by atoms with Gasteiger partial charge in [-0.3, -0.25) is 4.79 Å². The van der Waals surface area contributed by atoms with Gasteiger partial charge in [0.25, 0.3) is 0 Å². The van der Waals surface area contributed by atoms with Crippen molar-refractivity contribution in [3.63, 3.8) is 0 Å². The molecular weight excluding hydrogens is 345 g/mol. The average Bonchev–Trinajstić information content (AvgIpc) is 2.56. The molecule has 0 aliphatic heterocycles. The van der Waals surface area contributed by atoms with E-state index in [-0.39, 0.29) is 44.4 Å². The predicted molar refractivity (Wildman–Crippen MR) is 96.9 cm³/mol. The molecule has 0 heterocycles. The fourth-order valence-electron chi connectivity index (χ4n) is 1.69. The molecule has 0 saturated heterocycles. The van der Waals surface area contributed by atoms with Gasteiger partial charge in [-0.25, -0.2) is 9.18 Å². The molecule has 0 aromatic rings. The molecule has 8 nitrogen and oxygen atoms in total. The smallest absolute Gasteiger partial charge is 0.316 e. The minimum absolute atomic E-state index is 0.00744. The summed E-state index contributed by atoms with van der Waals surface area (Å²) in [5.41, 5.74) is -1.05. The van der Waals surface area contributed by atoms with Crippen LogP contribution in [0.5, 0.6) is 0 Å². The van der Waals surface area contributed by atoms with Gasteiger partial charge in [-0.1, -0.05) is 0 Å². The van der Waals surface area contributed by atoms with Crippen molar-refractivity contribution in [2.45, 2.75) is 45.6 Å². The predicted octanol–water partition coefficient (Wildman–Crippen LogP) is 0.949. The molecular formula is C17H34FN3O5. The Balaban J connectivity index is 3.78. The second-order valence-electron chi connectivity index (χ2n) is 6.82. The third kappa shape index (κ3) is 12.0. The van der Waals surface area contributed by atoms with Crippen LogP contribution in [0.2, 0.25) is 0 Å². The molecule has 1 atom stereocenters. The number of nitrogens with one attached hydrogen (secondary N) is 2. The number of alkyl halides is 1. The molecule has 0 saturated carbocycles. The van der Waals surface area contributed by atoms with Gasteiger partial charge in [0.15, 0.2) is 0 Å². The molecule has 0 fully saturated rings. The van der Waals surface area contributed by atoms with Crippen molar-refractivity contribution in [1.82, 2.24) is 15.5 Å². The first-order chi connectivity index (χ1) is 12.1. The van der Waals surface area contributed by atoms with Crippen molar-refractivity contribution in [1.29, 1.82) is 0 Å². The molecule has 2 N–H and O–H groups in total. The van der Waals surface area contributed by atoms with E-state index in [0.29, 0.717) is 13.2 Å². The molecule has 0 spiro atoms. The number of ether oxygens (including phenoxy) is 3. The first-order valence-corrected chi connectivity index (χ1v) is 8.75. The SMILES string of the molecule is CC(C)OCC(=O)NCCOCCOC(C)(C)C(F)CNC(=O)N(C)C. The van der Waals surface area contributed by atoms with Gasteiger partial charge in [0.05, 0.1) is 38.1 Å². The van der Waals surface area contributed by atoms with Gasteiger partial charge in [0, 0.05) is 20.6 Å². The van der Waals surface area contributed by atoms with E-state index >= 15 is 0 Å². The van der Waals surface area contributed by atoms with Crippen LogP contribution in [0.4, 0.5) is 9.18 Å². The van der Waals surface area contributed by atoms with Crippen molar-refractivity contribution >= 4 is 11.9 Å². The van der Waals surface area contributed by atoms with Gasteiger partial charge < -0.3 is 29.7 Å². The van der Waals surface area contributed by atoms with Crippen LogP contribution in [0.1, 0.15) is 27.7 Å². The maximum absolute atomic E-state index is 14.2. The van der Waals surface area contributed by atoms with Crippen LogP contribution >= 0.6 is 0 Å². The number of hydrogen-bond donors (Lipinski definition) is 2. The van der Waals surface area contributed by atoms with Crippen LogP contribution in [0, 0.1) is 0 Å². The molecule has 0 aliphatic carbocycles. The highest BCUT2D eigenvalue weighted by Crippen LogP contribution is 2.17. The van der Waals surface area contributed by atoms with E-state index in [1.165, 1.54) is 4.90 Å². The van der Waals surface area contributed by atoms with E-state index in [9.17, 15) is 14.0 Å². The van der Waals surface area contributed by atoms with E-state index in [1.807, 2.05) is 13.8 Å². The highest BCUT2D eigenvalue weighted by Gasteiger charge is 2.30. The Morgan fingerprint density at radius 2 is 1.77 bits per heavy atom. The van der Waals surface area contributed by atoms with Crippen molar-refractivity contribution in [2.75, 3.05) is 53.6 Å². The van der Waals surface area contributed by atoms with Crippen LogP contribution in [-0.2, 0) is 19.0 Å². The first-order valence-electron chi connectivity index (χ1n) is 8.75. The average molecular weight is 379 g/mol. The summed E-state index contributed by atoms with van der Waals surface area (Å²) >= 11 is 0. The molecule has 0 bridgehead atoms. The summed E-state index contributed by atoms with van der Waals surface area (Å²) in [5.74, 6) is -0.195. The van der Waals surface area contributed by atoms with Gasteiger partial charge in [-0.2, -0.15) is 0 Å². The fraction of sp³-hybridized carbons (Fsp3) is 0.882. The van der Waals surface area contributed by atoms with Gasteiger partial charge in [-0.15, -0.1) is 0 Å². The Hall–Kier alpha value is -1.45. The second-order valence-corrected chi connectivity index (χ2v) is 6.82. The quantitative estimate of drug-likeness (QED) is 0.465. The van der Waals surface area contributed by atoms with E-state index in [0.717, 1.165) is 0 Å². The lowest BCUT2D eigenvalue weighted by molar-refractivity contribution is -0.127. The van der Waals surface area contributed by atoms with Crippen LogP contribution in [-0.4, -0.2) is 88.3 Å². The number of carbonyl (C=O) groups is 2. The lowest BCUT2D eigenvalue weighted by Crippen LogP contribution is -2.46. The number of halogens is 1. The summed E-state index contributed by atoms with van der Waals surface area (Å²) in [6, 6.07) is -0.354. The standard InChI is InChI=1S/C17H34FN3O5/c1-13(2)25-12-15(22)19-7-8-24-9-10-26-17(3,4)14(18)11-20-16(23)21(5)6/h13-14H,7-12H2,1-6H3,(H,19,22)(H,20,23). The molecule has 0 radical (unpaired) electrons. The highest BCUT2D eigenvalue weighted by molar-refractivity contribution is 5.77. The first kappa shape index (κ1) is 24.6. The molecule has 154 valence electrons. The number of urea groups is 1. The van der Waals surface area contributed by atoms with Gasteiger partial charge in [0.2, 0.25) is 5.91 Å². The molecule has 9 heteroatoms. The normalized spacial score (nSPS) is 12.8. The fourth-order valence-corrected chi connectivity index (χ4v) is 1.69. The van der Waals surface area contributed by atoms with E-state index in [1.54, 1.807) is 27.9 Å². The van der Waals surface area contributed by atoms with Crippen molar-refractivity contribution < 1.29 is 28.2 Å². The third-order valence-corrected chi connectivity index (χ3v) is 3.41. The Labute approximate surface area is 155 Å². The van der Waals surface area contributed by atoms with E-state index in [4.69, 9.17) is 14.2 Å². The van der Waals surface area contributed by atoms with Gasteiger partial charge >= 0.3 is 6.03 Å². The lowest BCUT2D eigenvalue weighted by Gasteiger charge is -2.29. The minimum Gasteiger partial charge on any atom is -0.377 e. The molecule has 0 rings (SSSR count). The van der Waals surface area contributed by atoms with Crippen molar-refractivity contribution in [3.05, 3.63) is 0 Å². The Morgan fingerprint density at radius 1 is 1.12 bits per heavy atom. The zero-order chi connectivity index (χ0) is 20.2. The molecule has 0 aliphatic rings. The summed E-state index contributed by atoms with van der Waals surface area (Å²) in [6.07, 6.45) is -1.35. The van der Waals surface area contributed by atoms with Crippen LogP contribution < -0.4 is 10.6 Å². The molecule has 0 aromatic heterocycles. The summed E-state index contributed by atoms with van der Waals surface area (Å²) in [6.45, 7) is 8.03. The maximum atomic E-state index is 14.2. The molecule has 3 amide bonds. The zero-order valence-corrected chi connectivity index (χ0v) is 16.8. The Morgan fingerprint density at radius 3 is 2.35 bits per heavy atom. The topological polar surface area (TPSA) is 89.1 Å². The van der Waals surface area contributed by atoms with Crippen molar-refractivity contribution in [2.24, 2.45) is 0 Å². The summed E-state index contributed by atoms with van der Waals surface area (Å²) in [7, 11) is 3.17. The monoisotopic (exact) mass is 379 g/mol. The van der Waals surface area contributed by atoms with Gasteiger partial charge in [0.1, 0.15) is 12.8 Å². The zero-order valence-electron chi connectivity index (χ0n) is 16.8. The highest BCUT2D eigenvalue weighted by atomic mass is 19.1. The van der Waals surface area contributed by atoms with Crippen LogP contribution in [0.15, 0.2) is 0 Å². The molecule has 26 heavy (non-hydrogen) atoms. The number of hydrogen-bond acceptors (Lipinski definition) is 5. The largest absolute Gasteiger partial charge is 0.377 e. The summed E-state index contributed by atoms with van der Waals surface area (Å²) in [5, 5.41) is 5.15. The van der Waals surface area contributed by atoms with Crippen LogP contribution in [0.3, 0.4) is 0 Å². The van der Waals surface area contributed by atoms with Crippen molar-refractivity contribution in [3.8, 4) is 0 Å². The van der Waals surface area contributed by atoms with E-state index in [2.05, 4.69) is 10.6 Å². The Bertz CT molecular complexity index is 419. The second kappa shape index (κ2) is 12.8. The number of rotatable bonds is 13. The molecule has 0 aromatic carbocycles. The third-order valence-electron chi connectivity index (χ3n) is 3.41. The van der Waals surface area contributed by atoms with E-state index < -0.39 is 11.8 Å². The maximum Gasteiger partial charge on any atom is 0.316 e. The number of amides is 3. The summed E-state index contributed by atoms with van der Waals surface area (Å²) < 4.78 is 30.2. The number of nitrogens with zero attached hydrogens (tertiary/aromatic N) is 1. The Kier molecular flexibility index (Phi) is 12.1. The molecule has 1 unspecified atom stereocenters.